The third-order valence-electron chi connectivity index (χ3n) is 1.50. The van der Waals surface area contributed by atoms with E-state index < -0.39 is 33.4 Å². The Morgan fingerprint density at radius 3 is 2.00 bits per heavy atom. The van der Waals surface area contributed by atoms with Gasteiger partial charge in [-0.3, -0.25) is 9.35 Å². The molecule has 0 aliphatic heterocycles. The quantitative estimate of drug-likeness (QED) is 0.513. The first-order chi connectivity index (χ1) is 6.67. The van der Waals surface area contributed by atoms with Crippen molar-refractivity contribution >= 4 is 22.1 Å². The molecule has 0 aromatic carbocycles. The number of hydrogen-bond donors (Lipinski definition) is 3. The van der Waals surface area contributed by atoms with E-state index >= 15 is 0 Å². The van der Waals surface area contributed by atoms with Crippen LogP contribution < -0.4 is 0 Å². The van der Waals surface area contributed by atoms with Crippen LogP contribution in [0.25, 0.3) is 0 Å². The molecule has 1 unspecified atom stereocenters. The van der Waals surface area contributed by atoms with Crippen molar-refractivity contribution in [1.82, 2.24) is 0 Å². The first-order valence-electron chi connectivity index (χ1n) is 3.73. The van der Waals surface area contributed by atoms with Gasteiger partial charge in [0.25, 0.3) is 0 Å². The molecule has 0 saturated carbocycles. The highest BCUT2D eigenvalue weighted by atomic mass is 32.2. The molecule has 0 spiro atoms. The molecule has 1 atom stereocenters. The molecule has 15 heavy (non-hydrogen) atoms. The van der Waals surface area contributed by atoms with Crippen LogP contribution in [-0.2, 0) is 24.4 Å². The molecule has 0 aliphatic rings. The number of hydrogen-bond acceptors (Lipinski definition) is 5. The zero-order valence-electron chi connectivity index (χ0n) is 7.71. The maximum Gasteiger partial charge on any atom is 0.355 e. The largest absolute Gasteiger partial charge is 0.481 e. The topological polar surface area (TPSA) is 138 Å². The standard InChI is InChI=1S/C6H10O8S/c1-2-14-6(5(9)10,3-4(7)8)15(11,12)13/h2-3H2,1H3,(H,7,8)(H,9,10)(H,11,12,13). The second kappa shape index (κ2) is 4.55. The minimum absolute atomic E-state index is 0.376. The lowest BCUT2D eigenvalue weighted by Gasteiger charge is -2.23. The first-order valence-corrected chi connectivity index (χ1v) is 5.17. The van der Waals surface area contributed by atoms with Crippen molar-refractivity contribution < 1.29 is 37.5 Å². The van der Waals surface area contributed by atoms with Crippen LogP contribution in [0.5, 0.6) is 0 Å². The van der Waals surface area contributed by atoms with Gasteiger partial charge in [-0.2, -0.15) is 8.42 Å². The maximum absolute atomic E-state index is 10.8. The van der Waals surface area contributed by atoms with Crippen molar-refractivity contribution in [3.8, 4) is 0 Å². The van der Waals surface area contributed by atoms with Crippen LogP contribution in [0, 0.1) is 0 Å². The van der Waals surface area contributed by atoms with Gasteiger partial charge in [-0.1, -0.05) is 0 Å². The second-order valence-electron chi connectivity index (χ2n) is 2.54. The van der Waals surface area contributed by atoms with Crippen LogP contribution in [0.2, 0.25) is 0 Å². The molecule has 0 aromatic rings. The maximum atomic E-state index is 10.8. The SMILES string of the molecule is CCOC(CC(=O)O)(C(=O)O)S(=O)(=O)O. The van der Waals surface area contributed by atoms with Gasteiger partial charge in [-0.15, -0.1) is 0 Å². The lowest BCUT2D eigenvalue weighted by atomic mass is 10.2. The zero-order chi connectivity index (χ0) is 12.3. The van der Waals surface area contributed by atoms with Gasteiger partial charge in [0.2, 0.25) is 0 Å². The van der Waals surface area contributed by atoms with E-state index in [0.717, 1.165) is 0 Å². The fourth-order valence-electron chi connectivity index (χ4n) is 0.897. The summed E-state index contributed by atoms with van der Waals surface area (Å²) in [5.74, 6) is -3.79. The molecule has 0 amide bonds. The van der Waals surface area contributed by atoms with E-state index in [1.54, 1.807) is 0 Å². The summed E-state index contributed by atoms with van der Waals surface area (Å²) >= 11 is 0. The molecular formula is C6H10O8S. The monoisotopic (exact) mass is 242 g/mol. The molecule has 0 aromatic heterocycles. The summed E-state index contributed by atoms with van der Waals surface area (Å²) in [4.78, 5) is 17.8. The molecule has 9 heteroatoms. The Labute approximate surface area is 85.2 Å². The van der Waals surface area contributed by atoms with E-state index in [1.807, 2.05) is 0 Å². The summed E-state index contributed by atoms with van der Waals surface area (Å²) < 4.78 is 34.6. The van der Waals surface area contributed by atoms with E-state index in [9.17, 15) is 18.0 Å². The normalized spacial score (nSPS) is 15.6. The van der Waals surface area contributed by atoms with E-state index in [0.29, 0.717) is 0 Å². The Morgan fingerprint density at radius 2 is 1.80 bits per heavy atom. The highest BCUT2D eigenvalue weighted by Crippen LogP contribution is 2.23. The minimum atomic E-state index is -5.19. The van der Waals surface area contributed by atoms with Gasteiger partial charge in [0.1, 0.15) is 6.42 Å². The first kappa shape index (κ1) is 13.8. The summed E-state index contributed by atoms with van der Waals surface area (Å²) in [6, 6.07) is 0. The molecule has 0 rings (SSSR count). The number of carboxylic acid groups (broad SMARTS) is 2. The van der Waals surface area contributed by atoms with Gasteiger partial charge in [0.15, 0.2) is 0 Å². The van der Waals surface area contributed by atoms with Crippen LogP contribution >= 0.6 is 0 Å². The Kier molecular flexibility index (Phi) is 4.19. The lowest BCUT2D eigenvalue weighted by molar-refractivity contribution is -0.161. The van der Waals surface area contributed by atoms with Crippen LogP contribution in [0.4, 0.5) is 0 Å². The van der Waals surface area contributed by atoms with Gasteiger partial charge in [0, 0.05) is 6.61 Å². The smallest absolute Gasteiger partial charge is 0.355 e. The number of rotatable bonds is 6. The predicted molar refractivity (Wildman–Crippen MR) is 45.8 cm³/mol. The highest BCUT2D eigenvalue weighted by molar-refractivity contribution is 7.88. The third-order valence-corrected chi connectivity index (χ3v) is 2.77. The molecule has 0 saturated heterocycles. The Balaban J connectivity index is 5.48. The molecule has 0 radical (unpaired) electrons. The van der Waals surface area contributed by atoms with Gasteiger partial charge < -0.3 is 14.9 Å². The summed E-state index contributed by atoms with van der Waals surface area (Å²) in [5, 5.41) is 17.0. The van der Waals surface area contributed by atoms with Gasteiger partial charge in [-0.25, -0.2) is 4.79 Å². The summed E-state index contributed by atoms with van der Waals surface area (Å²) in [6.45, 7) is 0.893. The average Bonchev–Trinajstić information content (AvgIpc) is 1.99. The van der Waals surface area contributed by atoms with Crippen molar-refractivity contribution in [2.24, 2.45) is 0 Å². The fourth-order valence-corrected chi connectivity index (χ4v) is 1.69. The third kappa shape index (κ3) is 2.88. The minimum Gasteiger partial charge on any atom is -0.481 e. The molecule has 0 bridgehead atoms. The predicted octanol–water partition coefficient (Wildman–Crippen LogP) is -0.834. The second-order valence-corrected chi connectivity index (χ2v) is 4.15. The number of carbonyl (C=O) groups is 2. The Bertz CT molecular complexity index is 357. The summed E-state index contributed by atoms with van der Waals surface area (Å²) in [6.07, 6.45) is -1.38. The molecular weight excluding hydrogens is 232 g/mol. The van der Waals surface area contributed by atoms with E-state index in [2.05, 4.69) is 4.74 Å². The summed E-state index contributed by atoms with van der Waals surface area (Å²) in [5.41, 5.74) is 0. The van der Waals surface area contributed by atoms with Crippen LogP contribution in [0.15, 0.2) is 0 Å². The van der Waals surface area contributed by atoms with Crippen LogP contribution in [0.3, 0.4) is 0 Å². The average molecular weight is 242 g/mol. The number of ether oxygens (including phenoxy) is 1. The fraction of sp³-hybridized carbons (Fsp3) is 0.667. The Hall–Kier alpha value is -1.19. The molecule has 88 valence electrons. The van der Waals surface area contributed by atoms with Gasteiger partial charge >= 0.3 is 27.0 Å². The van der Waals surface area contributed by atoms with E-state index in [1.165, 1.54) is 6.92 Å². The van der Waals surface area contributed by atoms with Gasteiger partial charge in [0.05, 0.1) is 0 Å². The van der Waals surface area contributed by atoms with Crippen molar-refractivity contribution in [3.63, 3.8) is 0 Å². The molecule has 0 aliphatic carbocycles. The van der Waals surface area contributed by atoms with Gasteiger partial charge in [-0.05, 0) is 6.92 Å². The number of aliphatic carboxylic acids is 2. The Morgan fingerprint density at radius 1 is 1.33 bits per heavy atom. The number of carboxylic acids is 2. The highest BCUT2D eigenvalue weighted by Gasteiger charge is 2.54. The molecule has 3 N–H and O–H groups in total. The summed E-state index contributed by atoms with van der Waals surface area (Å²) in [7, 11) is -5.19. The van der Waals surface area contributed by atoms with E-state index in [4.69, 9.17) is 14.8 Å². The molecule has 0 heterocycles. The zero-order valence-corrected chi connectivity index (χ0v) is 8.52. The van der Waals surface area contributed by atoms with Crippen LogP contribution in [-0.4, -0.2) is 46.7 Å². The molecule has 0 fully saturated rings. The van der Waals surface area contributed by atoms with Crippen molar-refractivity contribution in [1.29, 1.82) is 0 Å². The van der Waals surface area contributed by atoms with Crippen molar-refractivity contribution in [2.45, 2.75) is 18.3 Å². The molecule has 8 nitrogen and oxygen atoms in total. The van der Waals surface area contributed by atoms with Crippen molar-refractivity contribution in [2.75, 3.05) is 6.61 Å². The van der Waals surface area contributed by atoms with E-state index in [-0.39, 0.29) is 6.61 Å². The lowest BCUT2D eigenvalue weighted by Crippen LogP contribution is -2.50. The van der Waals surface area contributed by atoms with Crippen LogP contribution in [0.1, 0.15) is 13.3 Å². The van der Waals surface area contributed by atoms with Crippen molar-refractivity contribution in [3.05, 3.63) is 0 Å².